The van der Waals surface area contributed by atoms with Crippen LogP contribution in [-0.2, 0) is 4.74 Å². The lowest BCUT2D eigenvalue weighted by molar-refractivity contribution is -0.386. The number of nitrogens with zero attached hydrogens (tertiary/aromatic N) is 1. The van der Waals surface area contributed by atoms with Crippen molar-refractivity contribution in [3.8, 4) is 5.75 Å². The number of carbonyl (C=O) groups excluding carboxylic acids is 1. The Kier molecular flexibility index (Phi) is 5.32. The van der Waals surface area contributed by atoms with E-state index in [2.05, 4.69) is 0 Å². The molecule has 2 rings (SSSR count). The molecule has 1 fully saturated rings. The number of hydrogen-bond acceptors (Lipinski definition) is 6. The van der Waals surface area contributed by atoms with Crippen molar-refractivity contribution in [2.45, 2.75) is 38.4 Å². The summed E-state index contributed by atoms with van der Waals surface area (Å²) >= 11 is 0. The highest BCUT2D eigenvalue weighted by atomic mass is 16.7. The van der Waals surface area contributed by atoms with Crippen molar-refractivity contribution in [3.05, 3.63) is 33.9 Å². The number of ether oxygens (including phenoxy) is 2. The highest BCUT2D eigenvalue weighted by Gasteiger charge is 2.28. The van der Waals surface area contributed by atoms with E-state index in [9.17, 15) is 20.0 Å². The summed E-state index contributed by atoms with van der Waals surface area (Å²) in [6.07, 6.45) is 4.51. The van der Waals surface area contributed by atoms with Crippen molar-refractivity contribution in [2.75, 3.05) is 7.11 Å². The summed E-state index contributed by atoms with van der Waals surface area (Å²) in [4.78, 5) is 21.4. The van der Waals surface area contributed by atoms with Crippen LogP contribution in [0.15, 0.2) is 18.2 Å². The van der Waals surface area contributed by atoms with Crippen LogP contribution in [0.1, 0.15) is 42.5 Å². The molecule has 0 bridgehead atoms. The number of nitro benzene ring substituents is 1. The van der Waals surface area contributed by atoms with Gasteiger partial charge in [-0.15, -0.1) is 0 Å². The maximum Gasteiger partial charge on any atom is 0.311 e. The molecule has 1 aliphatic rings. The second kappa shape index (κ2) is 7.22. The van der Waals surface area contributed by atoms with Crippen LogP contribution in [0.3, 0.4) is 0 Å². The third-order valence-electron chi connectivity index (χ3n) is 3.90. The standard InChI is InChI=1S/C15H19NO6/c1-21-15(10-5-3-2-4-6-10)22-13-9-11(14(17)18)7-8-12(13)16(19)20/h7-10,15H,2-6H2,1H3,(H,17,18)/p-1. The van der Waals surface area contributed by atoms with Crippen LogP contribution >= 0.6 is 0 Å². The van der Waals surface area contributed by atoms with Crippen LogP contribution < -0.4 is 9.84 Å². The van der Waals surface area contributed by atoms with E-state index >= 15 is 0 Å². The number of aromatic carboxylic acids is 1. The maximum atomic E-state index is 11.1. The highest BCUT2D eigenvalue weighted by Crippen LogP contribution is 2.33. The van der Waals surface area contributed by atoms with E-state index in [0.717, 1.165) is 50.3 Å². The molecule has 0 radical (unpaired) electrons. The maximum absolute atomic E-state index is 11.1. The minimum absolute atomic E-state index is 0.107. The quantitative estimate of drug-likeness (QED) is 0.452. The minimum atomic E-state index is -1.41. The van der Waals surface area contributed by atoms with Gasteiger partial charge < -0.3 is 19.4 Å². The van der Waals surface area contributed by atoms with Gasteiger partial charge in [0.05, 0.1) is 10.9 Å². The van der Waals surface area contributed by atoms with Gasteiger partial charge in [-0.05, 0) is 25.0 Å². The van der Waals surface area contributed by atoms with Crippen LogP contribution in [0.2, 0.25) is 0 Å². The SMILES string of the molecule is COC(Oc1cc(C(=O)[O-])ccc1[N+](=O)[O-])C1CCCCC1. The number of carbonyl (C=O) groups is 1. The van der Waals surface area contributed by atoms with Crippen LogP contribution in [-0.4, -0.2) is 24.3 Å². The van der Waals surface area contributed by atoms with Crippen molar-refractivity contribution in [1.29, 1.82) is 0 Å². The molecule has 1 aromatic carbocycles. The van der Waals surface area contributed by atoms with Crippen molar-refractivity contribution in [2.24, 2.45) is 5.92 Å². The summed E-state index contributed by atoms with van der Waals surface area (Å²) in [5, 5.41) is 22.0. The molecular formula is C15H18NO6-. The fourth-order valence-electron chi connectivity index (χ4n) is 2.75. The molecule has 0 saturated heterocycles. The van der Waals surface area contributed by atoms with Crippen LogP contribution in [0, 0.1) is 16.0 Å². The van der Waals surface area contributed by atoms with Gasteiger partial charge in [0, 0.05) is 24.7 Å². The second-order valence-electron chi connectivity index (χ2n) is 5.35. The summed E-state index contributed by atoms with van der Waals surface area (Å²) in [6, 6.07) is 3.35. The van der Waals surface area contributed by atoms with Gasteiger partial charge in [0.15, 0.2) is 0 Å². The molecule has 7 heteroatoms. The molecule has 22 heavy (non-hydrogen) atoms. The highest BCUT2D eigenvalue weighted by molar-refractivity contribution is 5.87. The molecule has 1 aliphatic carbocycles. The molecule has 0 aromatic heterocycles. The van der Waals surface area contributed by atoms with E-state index in [4.69, 9.17) is 9.47 Å². The molecular weight excluding hydrogens is 290 g/mol. The Morgan fingerprint density at radius 3 is 2.55 bits per heavy atom. The summed E-state index contributed by atoms with van der Waals surface area (Å²) in [7, 11) is 1.48. The zero-order valence-corrected chi connectivity index (χ0v) is 12.3. The lowest BCUT2D eigenvalue weighted by Gasteiger charge is -2.29. The number of hydrogen-bond donors (Lipinski definition) is 0. The monoisotopic (exact) mass is 308 g/mol. The van der Waals surface area contributed by atoms with Gasteiger partial charge in [-0.25, -0.2) is 0 Å². The van der Waals surface area contributed by atoms with Crippen molar-refractivity contribution in [3.63, 3.8) is 0 Å². The predicted molar refractivity (Wildman–Crippen MR) is 75.4 cm³/mol. The molecule has 120 valence electrons. The molecule has 0 N–H and O–H groups in total. The van der Waals surface area contributed by atoms with Gasteiger partial charge in [0.1, 0.15) is 0 Å². The topological polar surface area (TPSA) is 102 Å². The minimum Gasteiger partial charge on any atom is -0.545 e. The Balaban J connectivity index is 2.26. The number of benzene rings is 1. The van der Waals surface area contributed by atoms with Gasteiger partial charge in [-0.1, -0.05) is 19.3 Å². The van der Waals surface area contributed by atoms with E-state index in [-0.39, 0.29) is 22.9 Å². The van der Waals surface area contributed by atoms with Crippen molar-refractivity contribution < 1.29 is 24.3 Å². The first-order chi connectivity index (χ1) is 10.5. The predicted octanol–water partition coefficient (Wildman–Crippen LogP) is 1.89. The van der Waals surface area contributed by atoms with Gasteiger partial charge in [0.2, 0.25) is 12.0 Å². The molecule has 1 aromatic rings. The Hall–Kier alpha value is -2.15. The summed E-state index contributed by atoms with van der Waals surface area (Å²) < 4.78 is 11.0. The Labute approximate surface area is 128 Å². The Morgan fingerprint density at radius 1 is 1.32 bits per heavy atom. The average Bonchev–Trinajstić information content (AvgIpc) is 2.52. The van der Waals surface area contributed by atoms with E-state index < -0.39 is 17.2 Å². The van der Waals surface area contributed by atoms with E-state index in [0.29, 0.717) is 0 Å². The number of methoxy groups -OCH3 is 1. The third kappa shape index (κ3) is 3.73. The lowest BCUT2D eigenvalue weighted by atomic mass is 9.89. The normalized spacial score (nSPS) is 17.0. The fourth-order valence-corrected chi connectivity index (χ4v) is 2.75. The van der Waals surface area contributed by atoms with Crippen LogP contribution in [0.5, 0.6) is 5.75 Å². The number of carboxylic acid groups (broad SMARTS) is 1. The second-order valence-corrected chi connectivity index (χ2v) is 5.35. The average molecular weight is 308 g/mol. The number of nitro groups is 1. The summed E-state index contributed by atoms with van der Waals surface area (Å²) in [6.45, 7) is 0. The van der Waals surface area contributed by atoms with Crippen LogP contribution in [0.25, 0.3) is 0 Å². The lowest BCUT2D eigenvalue weighted by Crippen LogP contribution is -2.31. The van der Waals surface area contributed by atoms with E-state index in [1.807, 2.05) is 0 Å². The largest absolute Gasteiger partial charge is 0.545 e. The van der Waals surface area contributed by atoms with Gasteiger partial charge in [-0.3, -0.25) is 10.1 Å². The van der Waals surface area contributed by atoms with Crippen LogP contribution in [0.4, 0.5) is 5.69 Å². The molecule has 0 heterocycles. The molecule has 1 saturated carbocycles. The first-order valence-electron chi connectivity index (χ1n) is 7.22. The Bertz CT molecular complexity index is 553. The van der Waals surface area contributed by atoms with Crippen molar-refractivity contribution in [1.82, 2.24) is 0 Å². The number of rotatable bonds is 6. The first kappa shape index (κ1) is 16.2. The zero-order chi connectivity index (χ0) is 16.1. The first-order valence-corrected chi connectivity index (χ1v) is 7.22. The van der Waals surface area contributed by atoms with Gasteiger partial charge in [0.25, 0.3) is 0 Å². The summed E-state index contributed by atoms with van der Waals surface area (Å²) in [5.41, 5.74) is -0.457. The smallest absolute Gasteiger partial charge is 0.311 e. The van der Waals surface area contributed by atoms with E-state index in [1.54, 1.807) is 0 Å². The molecule has 1 atom stereocenters. The molecule has 0 amide bonds. The van der Waals surface area contributed by atoms with E-state index in [1.165, 1.54) is 7.11 Å². The Morgan fingerprint density at radius 2 is 2.00 bits per heavy atom. The summed E-state index contributed by atoms with van der Waals surface area (Å²) in [5.74, 6) is -1.37. The molecule has 0 aliphatic heterocycles. The number of carboxylic acids is 1. The van der Waals surface area contributed by atoms with Crippen molar-refractivity contribution >= 4 is 11.7 Å². The molecule has 0 spiro atoms. The molecule has 7 nitrogen and oxygen atoms in total. The fraction of sp³-hybridized carbons (Fsp3) is 0.533. The third-order valence-corrected chi connectivity index (χ3v) is 3.90. The zero-order valence-electron chi connectivity index (χ0n) is 12.3. The van der Waals surface area contributed by atoms with Gasteiger partial charge in [-0.2, -0.15) is 0 Å². The van der Waals surface area contributed by atoms with Gasteiger partial charge >= 0.3 is 5.69 Å². The molecule has 1 unspecified atom stereocenters.